The van der Waals surface area contributed by atoms with Crippen molar-refractivity contribution in [1.29, 1.82) is 0 Å². The third-order valence-electron chi connectivity index (χ3n) is 7.23. The van der Waals surface area contributed by atoms with E-state index < -0.39 is 23.8 Å². The zero-order valence-electron chi connectivity index (χ0n) is 21.7. The molecule has 1 saturated carbocycles. The van der Waals surface area contributed by atoms with Gasteiger partial charge in [-0.1, -0.05) is 74.5 Å². The van der Waals surface area contributed by atoms with Crippen molar-refractivity contribution in [2.75, 3.05) is 17.6 Å². The number of nitrogens with zero attached hydrogens (tertiary/aromatic N) is 2. The van der Waals surface area contributed by atoms with E-state index >= 15 is 0 Å². The maximum Gasteiger partial charge on any atom is 0.317 e. The number of rotatable bonds is 9. The van der Waals surface area contributed by atoms with Crippen molar-refractivity contribution in [2.24, 2.45) is 0 Å². The molecule has 0 aliphatic heterocycles. The maximum absolute atomic E-state index is 13.9. The minimum absolute atomic E-state index is 0.0204. The van der Waals surface area contributed by atoms with Crippen LogP contribution in [0.1, 0.15) is 69.6 Å². The summed E-state index contributed by atoms with van der Waals surface area (Å²) in [5, 5.41) is 25.5. The summed E-state index contributed by atoms with van der Waals surface area (Å²) in [5.41, 5.74) is 8.17. The van der Waals surface area contributed by atoms with Crippen LogP contribution >= 0.6 is 0 Å². The summed E-state index contributed by atoms with van der Waals surface area (Å²) in [6.45, 7) is 6.85. The van der Waals surface area contributed by atoms with Crippen LogP contribution in [0.25, 0.3) is 0 Å². The second kappa shape index (κ2) is 11.1. The molecule has 7 nitrogen and oxygen atoms in total. The summed E-state index contributed by atoms with van der Waals surface area (Å²) in [6.07, 6.45) is 4.47. The summed E-state index contributed by atoms with van der Waals surface area (Å²) in [5.74, 6) is -1.36. The SMILES string of the molecule is CC(C)(C)c1cccc(C2(NCC(O)C(Cc3cc(F)cc(F)c3)Nc3nnc(N)o3)CCCCC2)c1. The van der Waals surface area contributed by atoms with Gasteiger partial charge in [-0.3, -0.25) is 0 Å². The number of benzene rings is 2. The average molecular weight is 514 g/mol. The number of aliphatic hydroxyl groups excluding tert-OH is 1. The van der Waals surface area contributed by atoms with E-state index in [2.05, 4.69) is 65.9 Å². The molecular weight excluding hydrogens is 476 g/mol. The van der Waals surface area contributed by atoms with E-state index in [-0.39, 0.29) is 35.9 Å². The van der Waals surface area contributed by atoms with E-state index in [0.717, 1.165) is 31.7 Å². The molecule has 9 heteroatoms. The molecule has 1 aliphatic carbocycles. The van der Waals surface area contributed by atoms with Crippen LogP contribution in [-0.4, -0.2) is 34.0 Å². The van der Waals surface area contributed by atoms with Gasteiger partial charge in [0, 0.05) is 18.2 Å². The molecule has 2 aromatic carbocycles. The van der Waals surface area contributed by atoms with Crippen molar-refractivity contribution in [3.63, 3.8) is 0 Å². The van der Waals surface area contributed by atoms with Gasteiger partial charge in [0.05, 0.1) is 12.1 Å². The summed E-state index contributed by atoms with van der Waals surface area (Å²) in [6, 6.07) is 11.3. The molecule has 0 saturated heterocycles. The Balaban J connectivity index is 1.56. The van der Waals surface area contributed by atoms with Gasteiger partial charge >= 0.3 is 12.0 Å². The first-order valence-electron chi connectivity index (χ1n) is 12.9. The molecule has 1 aromatic heterocycles. The number of hydrogen-bond acceptors (Lipinski definition) is 7. The number of aliphatic hydroxyl groups is 1. The molecule has 1 aliphatic rings. The zero-order valence-corrected chi connectivity index (χ0v) is 21.7. The first-order valence-corrected chi connectivity index (χ1v) is 12.9. The lowest BCUT2D eigenvalue weighted by Crippen LogP contribution is -2.51. The van der Waals surface area contributed by atoms with Gasteiger partial charge in [0.1, 0.15) is 11.6 Å². The summed E-state index contributed by atoms with van der Waals surface area (Å²) in [4.78, 5) is 0. The van der Waals surface area contributed by atoms with Crippen LogP contribution in [0.4, 0.5) is 20.8 Å². The van der Waals surface area contributed by atoms with Crippen LogP contribution in [0, 0.1) is 11.6 Å². The molecular formula is C28H37F2N5O2. The quantitative estimate of drug-likeness (QED) is 0.317. The Kier molecular flexibility index (Phi) is 8.14. The van der Waals surface area contributed by atoms with E-state index in [1.54, 1.807) is 0 Å². The molecule has 3 aromatic rings. The van der Waals surface area contributed by atoms with Crippen LogP contribution in [0.2, 0.25) is 0 Å². The smallest absolute Gasteiger partial charge is 0.317 e. The molecule has 0 spiro atoms. The Morgan fingerprint density at radius 1 is 1.05 bits per heavy atom. The topological polar surface area (TPSA) is 109 Å². The highest BCUT2D eigenvalue weighted by atomic mass is 19.1. The molecule has 37 heavy (non-hydrogen) atoms. The fourth-order valence-electron chi connectivity index (χ4n) is 5.17. The highest BCUT2D eigenvalue weighted by molar-refractivity contribution is 5.34. The molecule has 0 bridgehead atoms. The predicted octanol–water partition coefficient (Wildman–Crippen LogP) is 5.06. The largest absolute Gasteiger partial charge is 0.390 e. The van der Waals surface area contributed by atoms with Crippen LogP contribution in [0.5, 0.6) is 0 Å². The lowest BCUT2D eigenvalue weighted by Gasteiger charge is -2.41. The molecule has 1 heterocycles. The fourth-order valence-corrected chi connectivity index (χ4v) is 5.17. The number of aromatic nitrogens is 2. The Hall–Kier alpha value is -3.04. The van der Waals surface area contributed by atoms with Gasteiger partial charge in [0.25, 0.3) is 0 Å². The number of anilines is 2. The fraction of sp³-hybridized carbons (Fsp3) is 0.500. The first-order chi connectivity index (χ1) is 17.5. The Bertz CT molecular complexity index is 1170. The van der Waals surface area contributed by atoms with Crippen LogP contribution < -0.4 is 16.4 Å². The lowest BCUT2D eigenvalue weighted by atomic mass is 9.74. The van der Waals surface area contributed by atoms with Crippen molar-refractivity contribution in [1.82, 2.24) is 15.5 Å². The highest BCUT2D eigenvalue weighted by Gasteiger charge is 2.35. The van der Waals surface area contributed by atoms with Crippen LogP contribution in [-0.2, 0) is 17.4 Å². The monoisotopic (exact) mass is 513 g/mol. The second-order valence-corrected chi connectivity index (χ2v) is 11.1. The van der Waals surface area contributed by atoms with Crippen molar-refractivity contribution < 1.29 is 18.3 Å². The van der Waals surface area contributed by atoms with Crippen molar-refractivity contribution in [3.05, 3.63) is 70.8 Å². The number of nitrogens with one attached hydrogen (secondary N) is 2. The van der Waals surface area contributed by atoms with Gasteiger partial charge in [0.2, 0.25) is 0 Å². The summed E-state index contributed by atoms with van der Waals surface area (Å²) >= 11 is 0. The van der Waals surface area contributed by atoms with Crippen LogP contribution in [0.15, 0.2) is 46.9 Å². The van der Waals surface area contributed by atoms with Crippen molar-refractivity contribution in [3.8, 4) is 0 Å². The molecule has 5 N–H and O–H groups in total. The Morgan fingerprint density at radius 2 is 1.76 bits per heavy atom. The summed E-state index contributed by atoms with van der Waals surface area (Å²) in [7, 11) is 0. The standard InChI is InChI=1S/C28H37F2N5O2/c1-27(2,3)19-8-7-9-20(15-19)28(10-5-4-6-11-28)32-17-24(36)23(33-26-35-34-25(31)37-26)14-18-12-21(29)16-22(30)13-18/h7-9,12-13,15-16,23-24,32,36H,4-6,10-11,14,17H2,1-3H3,(H2,31,34)(H,33,35). The van der Waals surface area contributed by atoms with E-state index in [4.69, 9.17) is 10.2 Å². The van der Waals surface area contributed by atoms with Gasteiger partial charge in [0.15, 0.2) is 0 Å². The number of hydrogen-bond donors (Lipinski definition) is 4. The summed E-state index contributed by atoms with van der Waals surface area (Å²) < 4.78 is 33.0. The van der Waals surface area contributed by atoms with Gasteiger partial charge in [-0.2, -0.15) is 0 Å². The molecule has 2 atom stereocenters. The number of nitrogens with two attached hydrogens (primary N) is 1. The van der Waals surface area contributed by atoms with E-state index in [1.165, 1.54) is 29.7 Å². The number of halogens is 2. The lowest BCUT2D eigenvalue weighted by molar-refractivity contribution is 0.121. The van der Waals surface area contributed by atoms with Crippen LogP contribution in [0.3, 0.4) is 0 Å². The van der Waals surface area contributed by atoms with Gasteiger partial charge in [-0.25, -0.2) is 8.78 Å². The maximum atomic E-state index is 13.9. The second-order valence-electron chi connectivity index (χ2n) is 11.1. The third-order valence-corrected chi connectivity index (χ3v) is 7.23. The van der Waals surface area contributed by atoms with Gasteiger partial charge < -0.3 is 25.9 Å². The first kappa shape index (κ1) is 27.0. The molecule has 4 rings (SSSR count). The minimum Gasteiger partial charge on any atom is -0.390 e. The minimum atomic E-state index is -0.941. The number of nitrogen functional groups attached to an aromatic ring is 1. The van der Waals surface area contributed by atoms with E-state index in [0.29, 0.717) is 5.56 Å². The van der Waals surface area contributed by atoms with Crippen molar-refractivity contribution >= 4 is 12.0 Å². The van der Waals surface area contributed by atoms with Crippen molar-refractivity contribution in [2.45, 2.75) is 82.4 Å². The predicted molar refractivity (Wildman–Crippen MR) is 140 cm³/mol. The van der Waals surface area contributed by atoms with E-state index in [9.17, 15) is 13.9 Å². The van der Waals surface area contributed by atoms with E-state index in [1.807, 2.05) is 0 Å². The van der Waals surface area contributed by atoms with Gasteiger partial charge in [-0.05, 0) is 53.5 Å². The zero-order chi connectivity index (χ0) is 26.6. The Labute approximate surface area is 216 Å². The molecule has 2 unspecified atom stereocenters. The highest BCUT2D eigenvalue weighted by Crippen LogP contribution is 2.38. The normalized spacial score (nSPS) is 17.4. The molecule has 0 radical (unpaired) electrons. The van der Waals surface area contributed by atoms with Gasteiger partial charge in [-0.15, -0.1) is 0 Å². The molecule has 1 fully saturated rings. The molecule has 200 valence electrons. The third kappa shape index (κ3) is 6.84. The average Bonchev–Trinajstić information content (AvgIpc) is 3.26. The Morgan fingerprint density at radius 3 is 2.38 bits per heavy atom. The molecule has 0 amide bonds.